The molecular formula is C29H38O4. The maximum absolute atomic E-state index is 13.6. The summed E-state index contributed by atoms with van der Waals surface area (Å²) in [6.07, 6.45) is 11.8. The number of hydrogen-bond acceptors (Lipinski definition) is 4. The highest BCUT2D eigenvalue weighted by Crippen LogP contribution is 2.67. The van der Waals surface area contributed by atoms with Crippen LogP contribution in [-0.2, 0) is 14.4 Å². The number of ketones is 1. The minimum absolute atomic E-state index is 0.0579. The van der Waals surface area contributed by atoms with Crippen LogP contribution in [0.25, 0.3) is 0 Å². The van der Waals surface area contributed by atoms with Crippen molar-refractivity contribution in [1.82, 2.24) is 0 Å². The van der Waals surface area contributed by atoms with Crippen molar-refractivity contribution in [3.05, 3.63) is 47.0 Å². The Bertz CT molecular complexity index is 1040. The van der Waals surface area contributed by atoms with Crippen molar-refractivity contribution in [2.75, 3.05) is 0 Å². The molecule has 1 aromatic rings. The molecule has 0 saturated heterocycles. The summed E-state index contributed by atoms with van der Waals surface area (Å²) in [4.78, 5) is 38.1. The highest BCUT2D eigenvalue weighted by molar-refractivity contribution is 5.98. The van der Waals surface area contributed by atoms with Crippen LogP contribution in [0.4, 0.5) is 0 Å². The van der Waals surface area contributed by atoms with Crippen molar-refractivity contribution in [2.24, 2.45) is 39.9 Å². The van der Waals surface area contributed by atoms with Crippen molar-refractivity contribution in [1.29, 1.82) is 0 Å². The van der Waals surface area contributed by atoms with Gasteiger partial charge in [0.15, 0.2) is 5.78 Å². The summed E-state index contributed by atoms with van der Waals surface area (Å²) in [6, 6.07) is 0. The van der Waals surface area contributed by atoms with E-state index in [4.69, 9.17) is 4.42 Å². The molecule has 0 bridgehead atoms. The number of hydrogen-bond donors (Lipinski definition) is 0. The first-order chi connectivity index (χ1) is 15.5. The number of carbonyl (C=O) groups excluding carboxylic acids is 3. The normalized spacial score (nSPS) is 41.7. The van der Waals surface area contributed by atoms with Crippen LogP contribution in [0, 0.1) is 46.8 Å². The zero-order valence-electron chi connectivity index (χ0n) is 21.1. The van der Waals surface area contributed by atoms with Gasteiger partial charge in [-0.2, -0.15) is 0 Å². The largest absolute Gasteiger partial charge is 0.472 e. The summed E-state index contributed by atoms with van der Waals surface area (Å²) in [5.41, 5.74) is 3.41. The molecule has 0 aromatic carbocycles. The lowest BCUT2D eigenvalue weighted by atomic mass is 9.41. The molecule has 7 unspecified atom stereocenters. The van der Waals surface area contributed by atoms with E-state index >= 15 is 0 Å². The molecule has 1 fully saturated rings. The molecule has 4 rings (SSSR count). The summed E-state index contributed by atoms with van der Waals surface area (Å²) in [7, 11) is 0. The van der Waals surface area contributed by atoms with E-state index < -0.39 is 10.8 Å². The number of allylic oxidation sites excluding steroid dienone is 4. The smallest absolute Gasteiger partial charge is 0.161 e. The fourth-order valence-corrected chi connectivity index (χ4v) is 8.56. The number of aldehydes is 2. The van der Waals surface area contributed by atoms with Crippen molar-refractivity contribution >= 4 is 18.4 Å². The molecule has 0 spiro atoms. The van der Waals surface area contributed by atoms with Gasteiger partial charge in [-0.25, -0.2) is 0 Å². The van der Waals surface area contributed by atoms with Gasteiger partial charge < -0.3 is 14.0 Å². The maximum atomic E-state index is 13.6. The van der Waals surface area contributed by atoms with Crippen LogP contribution in [0.2, 0.25) is 0 Å². The summed E-state index contributed by atoms with van der Waals surface area (Å²) in [5.74, 6) is 0.131. The van der Waals surface area contributed by atoms with Crippen molar-refractivity contribution in [3.63, 3.8) is 0 Å². The first kappa shape index (κ1) is 23.9. The predicted octanol–water partition coefficient (Wildman–Crippen LogP) is 6.25. The number of aryl methyl sites for hydroxylation is 1. The number of furan rings is 1. The number of rotatable bonds is 5. The molecule has 0 amide bonds. The molecule has 4 heteroatoms. The molecule has 0 aliphatic heterocycles. The molecular weight excluding hydrogens is 412 g/mol. The Morgan fingerprint density at radius 2 is 1.85 bits per heavy atom. The number of fused-ring (bicyclic) bond motifs is 1. The predicted molar refractivity (Wildman–Crippen MR) is 129 cm³/mol. The van der Waals surface area contributed by atoms with Gasteiger partial charge in [-0.15, -0.1) is 0 Å². The van der Waals surface area contributed by atoms with Gasteiger partial charge in [-0.3, -0.25) is 4.79 Å². The first-order valence-electron chi connectivity index (χ1n) is 12.3. The average molecular weight is 451 g/mol. The van der Waals surface area contributed by atoms with Gasteiger partial charge >= 0.3 is 0 Å². The molecule has 178 valence electrons. The molecule has 1 aromatic heterocycles. The van der Waals surface area contributed by atoms with Crippen LogP contribution in [0.15, 0.2) is 40.2 Å². The van der Waals surface area contributed by atoms with Crippen LogP contribution >= 0.6 is 0 Å². The average Bonchev–Trinajstić information content (AvgIpc) is 3.32. The molecule has 1 heterocycles. The second kappa shape index (κ2) is 7.92. The van der Waals surface area contributed by atoms with Crippen LogP contribution in [-0.4, -0.2) is 18.4 Å². The van der Waals surface area contributed by atoms with Crippen LogP contribution in [0.3, 0.4) is 0 Å². The quantitative estimate of drug-likeness (QED) is 0.393. The van der Waals surface area contributed by atoms with E-state index in [1.807, 2.05) is 33.3 Å². The fraction of sp³-hybridized carbons (Fsp3) is 0.621. The molecule has 0 N–H and O–H groups in total. The van der Waals surface area contributed by atoms with E-state index in [1.165, 1.54) is 22.3 Å². The highest BCUT2D eigenvalue weighted by Gasteiger charge is 2.64. The minimum atomic E-state index is -0.769. The van der Waals surface area contributed by atoms with Gasteiger partial charge in [-0.1, -0.05) is 44.9 Å². The Morgan fingerprint density at radius 3 is 2.42 bits per heavy atom. The topological polar surface area (TPSA) is 64.3 Å². The Morgan fingerprint density at radius 1 is 1.15 bits per heavy atom. The third-order valence-corrected chi connectivity index (χ3v) is 9.79. The Kier molecular flexibility index (Phi) is 5.74. The lowest BCUT2D eigenvalue weighted by Gasteiger charge is -2.61. The number of carbonyl (C=O) groups is 3. The summed E-state index contributed by atoms with van der Waals surface area (Å²) in [5, 5.41) is 0. The van der Waals surface area contributed by atoms with Crippen LogP contribution < -0.4 is 0 Å². The van der Waals surface area contributed by atoms with Gasteiger partial charge in [0.05, 0.1) is 12.5 Å². The second-order valence-corrected chi connectivity index (χ2v) is 11.7. The molecule has 0 radical (unpaired) electrons. The van der Waals surface area contributed by atoms with Crippen LogP contribution in [0.5, 0.6) is 0 Å². The van der Waals surface area contributed by atoms with Gasteiger partial charge in [0, 0.05) is 28.2 Å². The van der Waals surface area contributed by atoms with Gasteiger partial charge in [-0.05, 0) is 74.8 Å². The first-order valence-corrected chi connectivity index (χ1v) is 12.3. The SMILES string of the molecule is CC1=C(C2(C)CCC3C(C)(C=O)C=CC(=O)C3(C)C2C(C)C=O)C(C)C[C@H]1c1cocc1C. The summed E-state index contributed by atoms with van der Waals surface area (Å²) >= 11 is 0. The molecule has 33 heavy (non-hydrogen) atoms. The second-order valence-electron chi connectivity index (χ2n) is 11.7. The van der Waals surface area contributed by atoms with Crippen molar-refractivity contribution < 1.29 is 18.8 Å². The Hall–Kier alpha value is -2.23. The fourth-order valence-electron chi connectivity index (χ4n) is 8.56. The molecule has 3 aliphatic rings. The van der Waals surface area contributed by atoms with E-state index in [-0.39, 0.29) is 29.0 Å². The Balaban J connectivity index is 1.90. The molecule has 3 aliphatic carbocycles. The molecule has 8 atom stereocenters. The zero-order chi connectivity index (χ0) is 24.3. The van der Waals surface area contributed by atoms with E-state index in [0.29, 0.717) is 11.8 Å². The third-order valence-electron chi connectivity index (χ3n) is 9.79. The lowest BCUT2D eigenvalue weighted by molar-refractivity contribution is -0.156. The Labute approximate surface area is 197 Å². The van der Waals surface area contributed by atoms with E-state index in [0.717, 1.165) is 31.8 Å². The van der Waals surface area contributed by atoms with E-state index in [9.17, 15) is 14.4 Å². The third kappa shape index (κ3) is 3.19. The summed E-state index contributed by atoms with van der Waals surface area (Å²) in [6.45, 7) is 14.8. The van der Waals surface area contributed by atoms with E-state index in [1.54, 1.807) is 12.2 Å². The van der Waals surface area contributed by atoms with Crippen LogP contribution in [0.1, 0.15) is 77.8 Å². The zero-order valence-corrected chi connectivity index (χ0v) is 21.1. The summed E-state index contributed by atoms with van der Waals surface area (Å²) < 4.78 is 5.51. The van der Waals surface area contributed by atoms with Gasteiger partial charge in [0.2, 0.25) is 0 Å². The van der Waals surface area contributed by atoms with E-state index in [2.05, 4.69) is 27.7 Å². The minimum Gasteiger partial charge on any atom is -0.472 e. The highest BCUT2D eigenvalue weighted by atomic mass is 16.3. The maximum Gasteiger partial charge on any atom is 0.161 e. The van der Waals surface area contributed by atoms with Gasteiger partial charge in [0.25, 0.3) is 0 Å². The van der Waals surface area contributed by atoms with Crippen molar-refractivity contribution in [2.45, 2.75) is 73.6 Å². The standard InChI is InChI=1S/C29H38O4/c1-17-12-21(22-15-33-14-19(22)3)20(4)25(17)28(6)11-8-23-27(5,16-31)10-9-24(32)29(23,7)26(28)18(2)13-30/h9-10,13-18,21,23,26H,8,11-12H2,1-7H3/t17?,18?,21-,23?,26?,27?,28?,29?/m1/s1. The molecule has 4 nitrogen and oxygen atoms in total. The lowest BCUT2D eigenvalue weighted by Crippen LogP contribution is -2.61. The molecule has 1 saturated carbocycles. The van der Waals surface area contributed by atoms with Crippen molar-refractivity contribution in [3.8, 4) is 0 Å². The monoisotopic (exact) mass is 450 g/mol. The van der Waals surface area contributed by atoms with Gasteiger partial charge in [0.1, 0.15) is 12.6 Å².